The minimum Gasteiger partial charge on any atom is -0.497 e. The molecule has 2 N–H and O–H groups in total. The van der Waals surface area contributed by atoms with Gasteiger partial charge >= 0.3 is 0 Å². The summed E-state index contributed by atoms with van der Waals surface area (Å²) in [5, 5.41) is 7.34. The minimum atomic E-state index is -0.300. The van der Waals surface area contributed by atoms with Gasteiger partial charge in [-0.05, 0) is 88.1 Å². The largest absolute Gasteiger partial charge is 0.497 e. The van der Waals surface area contributed by atoms with Crippen LogP contribution in [0.5, 0.6) is 17.2 Å². The highest BCUT2D eigenvalue weighted by atomic mass is 32.1. The number of rotatable bonds is 5. The normalized spacial score (nSPS) is 20.0. The molecule has 160 valence electrons. The molecule has 1 saturated carbocycles. The molecular weight excluding hydrogens is 396 g/mol. The summed E-state index contributed by atoms with van der Waals surface area (Å²) in [4.78, 5) is 0. The molecule has 30 heavy (non-hydrogen) atoms. The molecule has 1 aliphatic carbocycles. The van der Waals surface area contributed by atoms with Crippen LogP contribution in [0.25, 0.3) is 0 Å². The SMILES string of the molecule is COc1ccc2c(c1)OC(C)(C)C[C@@H]2NC(=S)Nc1ccc(OC2CCCC2)cc1. The van der Waals surface area contributed by atoms with Gasteiger partial charge in [-0.3, -0.25) is 0 Å². The lowest BCUT2D eigenvalue weighted by atomic mass is 9.89. The fraction of sp³-hybridized carbons (Fsp3) is 0.458. The van der Waals surface area contributed by atoms with Gasteiger partial charge in [-0.2, -0.15) is 0 Å². The molecule has 0 spiro atoms. The molecule has 0 aromatic heterocycles. The fourth-order valence-corrected chi connectivity index (χ4v) is 4.49. The van der Waals surface area contributed by atoms with Crippen LogP contribution in [0.15, 0.2) is 42.5 Å². The molecule has 2 aromatic carbocycles. The van der Waals surface area contributed by atoms with Gasteiger partial charge in [0, 0.05) is 23.7 Å². The second kappa shape index (κ2) is 8.72. The number of methoxy groups -OCH3 is 1. The van der Waals surface area contributed by atoms with Crippen molar-refractivity contribution >= 4 is 23.0 Å². The van der Waals surface area contributed by atoms with Crippen LogP contribution < -0.4 is 24.8 Å². The quantitative estimate of drug-likeness (QED) is 0.607. The van der Waals surface area contributed by atoms with Crippen molar-refractivity contribution in [2.75, 3.05) is 12.4 Å². The molecule has 2 aliphatic rings. The molecule has 0 amide bonds. The lowest BCUT2D eigenvalue weighted by Gasteiger charge is -2.38. The van der Waals surface area contributed by atoms with Gasteiger partial charge in [-0.25, -0.2) is 0 Å². The number of fused-ring (bicyclic) bond motifs is 1. The zero-order chi connectivity index (χ0) is 21.1. The Morgan fingerprint density at radius 2 is 1.77 bits per heavy atom. The number of hydrogen-bond acceptors (Lipinski definition) is 4. The van der Waals surface area contributed by atoms with Crippen LogP contribution >= 0.6 is 12.2 Å². The maximum Gasteiger partial charge on any atom is 0.171 e. The van der Waals surface area contributed by atoms with Crippen molar-refractivity contribution in [2.45, 2.75) is 63.7 Å². The van der Waals surface area contributed by atoms with Crippen LogP contribution in [0.1, 0.15) is 57.6 Å². The third-order valence-electron chi connectivity index (χ3n) is 5.70. The molecular formula is C24H30N2O3S. The Bertz CT molecular complexity index is 892. The van der Waals surface area contributed by atoms with E-state index < -0.39 is 0 Å². The minimum absolute atomic E-state index is 0.0552. The predicted molar refractivity (Wildman–Crippen MR) is 124 cm³/mol. The number of anilines is 1. The van der Waals surface area contributed by atoms with E-state index in [2.05, 4.69) is 24.5 Å². The van der Waals surface area contributed by atoms with E-state index in [0.29, 0.717) is 11.2 Å². The summed E-state index contributed by atoms with van der Waals surface area (Å²) >= 11 is 5.60. The van der Waals surface area contributed by atoms with Crippen LogP contribution in [0.3, 0.4) is 0 Å². The third-order valence-corrected chi connectivity index (χ3v) is 5.92. The molecule has 0 saturated heterocycles. The molecule has 1 heterocycles. The van der Waals surface area contributed by atoms with Gasteiger partial charge in [0.05, 0.1) is 19.3 Å². The second-order valence-corrected chi connectivity index (χ2v) is 9.08. The number of hydrogen-bond donors (Lipinski definition) is 2. The van der Waals surface area contributed by atoms with E-state index in [1.165, 1.54) is 12.8 Å². The second-order valence-electron chi connectivity index (χ2n) is 8.67. The molecule has 2 aromatic rings. The van der Waals surface area contributed by atoms with E-state index in [4.69, 9.17) is 26.4 Å². The van der Waals surface area contributed by atoms with Crippen molar-refractivity contribution in [1.82, 2.24) is 5.32 Å². The average molecular weight is 427 g/mol. The molecule has 1 atom stereocenters. The Morgan fingerprint density at radius 1 is 1.07 bits per heavy atom. The van der Waals surface area contributed by atoms with Gasteiger partial charge < -0.3 is 24.8 Å². The van der Waals surface area contributed by atoms with E-state index >= 15 is 0 Å². The summed E-state index contributed by atoms with van der Waals surface area (Å²) < 4.78 is 17.5. The van der Waals surface area contributed by atoms with E-state index in [0.717, 1.165) is 47.8 Å². The van der Waals surface area contributed by atoms with E-state index in [9.17, 15) is 0 Å². The van der Waals surface area contributed by atoms with Gasteiger partial charge in [-0.15, -0.1) is 0 Å². The number of ether oxygens (including phenoxy) is 3. The molecule has 6 heteroatoms. The van der Waals surface area contributed by atoms with Gasteiger partial charge in [0.1, 0.15) is 22.8 Å². The summed E-state index contributed by atoms with van der Waals surface area (Å²) in [6.07, 6.45) is 6.02. The topological polar surface area (TPSA) is 51.8 Å². The fourth-order valence-electron chi connectivity index (χ4n) is 4.23. The Kier molecular flexibility index (Phi) is 6.04. The molecule has 1 fully saturated rings. The summed E-state index contributed by atoms with van der Waals surface area (Å²) in [6.45, 7) is 4.17. The zero-order valence-electron chi connectivity index (χ0n) is 17.9. The maximum absolute atomic E-state index is 6.16. The molecule has 1 aliphatic heterocycles. The first kappa shape index (κ1) is 20.8. The van der Waals surface area contributed by atoms with Crippen molar-refractivity contribution in [3.05, 3.63) is 48.0 Å². The van der Waals surface area contributed by atoms with Crippen molar-refractivity contribution in [3.63, 3.8) is 0 Å². The van der Waals surface area contributed by atoms with E-state index in [-0.39, 0.29) is 11.6 Å². The summed E-state index contributed by atoms with van der Waals surface area (Å²) in [6, 6.07) is 14.0. The van der Waals surface area contributed by atoms with Crippen molar-refractivity contribution in [2.24, 2.45) is 0 Å². The maximum atomic E-state index is 6.16. The molecule has 4 rings (SSSR count). The highest BCUT2D eigenvalue weighted by Crippen LogP contribution is 2.41. The van der Waals surface area contributed by atoms with Crippen molar-refractivity contribution in [3.8, 4) is 17.2 Å². The lowest BCUT2D eigenvalue weighted by Crippen LogP contribution is -2.42. The molecule has 5 nitrogen and oxygen atoms in total. The van der Waals surface area contributed by atoms with E-state index in [1.54, 1.807) is 7.11 Å². The third kappa shape index (κ3) is 4.98. The van der Waals surface area contributed by atoms with Crippen LogP contribution in [-0.4, -0.2) is 23.9 Å². The van der Waals surface area contributed by atoms with Crippen molar-refractivity contribution in [1.29, 1.82) is 0 Å². The van der Waals surface area contributed by atoms with Crippen LogP contribution in [0, 0.1) is 0 Å². The lowest BCUT2D eigenvalue weighted by molar-refractivity contribution is 0.0693. The average Bonchev–Trinajstić information content (AvgIpc) is 3.21. The predicted octanol–water partition coefficient (Wildman–Crippen LogP) is 5.61. The molecule has 0 bridgehead atoms. The van der Waals surface area contributed by atoms with Gasteiger partial charge in [0.25, 0.3) is 0 Å². The molecule has 0 unspecified atom stereocenters. The zero-order valence-corrected chi connectivity index (χ0v) is 18.7. The summed E-state index contributed by atoms with van der Waals surface area (Å²) in [7, 11) is 1.66. The monoisotopic (exact) mass is 426 g/mol. The first-order chi connectivity index (χ1) is 14.4. The van der Waals surface area contributed by atoms with Gasteiger partial charge in [0.15, 0.2) is 5.11 Å². The Balaban J connectivity index is 1.40. The smallest absolute Gasteiger partial charge is 0.171 e. The Labute approximate surface area is 184 Å². The van der Waals surface area contributed by atoms with Crippen LogP contribution in [0.4, 0.5) is 5.69 Å². The summed E-state index contributed by atoms with van der Waals surface area (Å²) in [5.41, 5.74) is 1.72. The Hall–Kier alpha value is -2.47. The number of benzene rings is 2. The van der Waals surface area contributed by atoms with Crippen molar-refractivity contribution < 1.29 is 14.2 Å². The van der Waals surface area contributed by atoms with Gasteiger partial charge in [0.2, 0.25) is 0 Å². The Morgan fingerprint density at radius 3 is 2.47 bits per heavy atom. The first-order valence-electron chi connectivity index (χ1n) is 10.6. The first-order valence-corrected chi connectivity index (χ1v) is 11.0. The molecule has 0 radical (unpaired) electrons. The van der Waals surface area contributed by atoms with Crippen LogP contribution in [-0.2, 0) is 0 Å². The number of thiocarbonyl (C=S) groups is 1. The van der Waals surface area contributed by atoms with E-state index in [1.807, 2.05) is 42.5 Å². The van der Waals surface area contributed by atoms with Crippen LogP contribution in [0.2, 0.25) is 0 Å². The highest BCUT2D eigenvalue weighted by Gasteiger charge is 2.34. The number of nitrogens with one attached hydrogen (secondary N) is 2. The summed E-state index contributed by atoms with van der Waals surface area (Å²) in [5.74, 6) is 2.53. The highest BCUT2D eigenvalue weighted by molar-refractivity contribution is 7.80. The van der Waals surface area contributed by atoms with Gasteiger partial charge in [-0.1, -0.05) is 0 Å². The standard InChI is InChI=1S/C24H30N2O3S/c1-24(2)15-21(20-13-12-19(27-3)14-22(20)29-24)26-23(30)25-16-8-10-18(11-9-16)28-17-6-4-5-7-17/h8-14,17,21H,4-7,15H2,1-3H3,(H2,25,26,30)/t21-/m0/s1.